The number of benzene rings is 1. The average molecular weight is 295 g/mol. The van der Waals surface area contributed by atoms with Crippen LogP contribution < -0.4 is 0 Å². The first kappa shape index (κ1) is 15.3. The van der Waals surface area contributed by atoms with Crippen LogP contribution in [0.4, 0.5) is 0 Å². The lowest BCUT2D eigenvalue weighted by Gasteiger charge is -2.22. The quantitative estimate of drug-likeness (QED) is 0.723. The van der Waals surface area contributed by atoms with E-state index < -0.39 is 0 Å². The zero-order valence-electron chi connectivity index (χ0n) is 12.3. The minimum atomic E-state index is 0.811. The van der Waals surface area contributed by atoms with Crippen molar-refractivity contribution >= 4 is 23.5 Å². The third kappa shape index (κ3) is 4.46. The van der Waals surface area contributed by atoms with Crippen molar-refractivity contribution in [2.75, 3.05) is 11.5 Å². The SMILES string of the molecule is CC.c1cc2c(cc1CC1SCCCS1)CCCC2. The first-order chi connectivity index (χ1) is 9.42. The van der Waals surface area contributed by atoms with E-state index in [2.05, 4.69) is 41.7 Å². The maximum absolute atomic E-state index is 2.49. The molecule has 0 N–H and O–H groups in total. The van der Waals surface area contributed by atoms with Gasteiger partial charge < -0.3 is 0 Å². The van der Waals surface area contributed by atoms with Gasteiger partial charge in [-0.2, -0.15) is 0 Å². The van der Waals surface area contributed by atoms with Crippen LogP contribution in [0.25, 0.3) is 0 Å². The summed E-state index contributed by atoms with van der Waals surface area (Å²) in [4.78, 5) is 0. The fraction of sp³-hybridized carbons (Fsp3) is 0.647. The highest BCUT2D eigenvalue weighted by Crippen LogP contribution is 2.33. The van der Waals surface area contributed by atoms with Gasteiger partial charge in [-0.25, -0.2) is 0 Å². The molecule has 1 saturated heterocycles. The van der Waals surface area contributed by atoms with E-state index in [1.54, 1.807) is 16.7 Å². The molecule has 0 radical (unpaired) electrons. The predicted octanol–water partition coefficient (Wildman–Crippen LogP) is 5.33. The summed E-state index contributed by atoms with van der Waals surface area (Å²) in [6, 6.07) is 7.26. The van der Waals surface area contributed by atoms with Crippen LogP contribution in [-0.2, 0) is 19.3 Å². The third-order valence-electron chi connectivity index (χ3n) is 3.71. The van der Waals surface area contributed by atoms with Crippen molar-refractivity contribution in [3.8, 4) is 0 Å². The van der Waals surface area contributed by atoms with Gasteiger partial charge in [-0.1, -0.05) is 32.0 Å². The normalized spacial score (nSPS) is 19.3. The highest BCUT2D eigenvalue weighted by molar-refractivity contribution is 8.17. The molecule has 0 unspecified atom stereocenters. The van der Waals surface area contributed by atoms with Crippen molar-refractivity contribution in [2.24, 2.45) is 0 Å². The second-order valence-corrected chi connectivity index (χ2v) is 7.96. The van der Waals surface area contributed by atoms with Crippen LogP contribution in [0.2, 0.25) is 0 Å². The summed E-state index contributed by atoms with van der Waals surface area (Å²) in [5.74, 6) is 2.73. The molecule has 1 aromatic rings. The Morgan fingerprint density at radius 1 is 0.947 bits per heavy atom. The van der Waals surface area contributed by atoms with Gasteiger partial charge in [-0.05, 0) is 66.7 Å². The van der Waals surface area contributed by atoms with E-state index >= 15 is 0 Å². The summed E-state index contributed by atoms with van der Waals surface area (Å²) < 4.78 is 0.811. The minimum absolute atomic E-state index is 0.811. The molecule has 19 heavy (non-hydrogen) atoms. The largest absolute Gasteiger partial charge is 0.147 e. The third-order valence-corrected chi connectivity index (χ3v) is 6.65. The zero-order valence-corrected chi connectivity index (χ0v) is 13.9. The lowest BCUT2D eigenvalue weighted by atomic mass is 9.90. The van der Waals surface area contributed by atoms with E-state index in [1.807, 2.05) is 13.8 Å². The number of fused-ring (bicyclic) bond motifs is 1. The Labute approximate surface area is 127 Å². The molecule has 0 atom stereocenters. The summed E-state index contributed by atoms with van der Waals surface area (Å²) in [5.41, 5.74) is 4.82. The second-order valence-electron chi connectivity index (χ2n) is 5.04. The summed E-state index contributed by atoms with van der Waals surface area (Å²) in [6.45, 7) is 4.00. The van der Waals surface area contributed by atoms with E-state index in [1.165, 1.54) is 50.0 Å². The molecule has 0 aromatic heterocycles. The molecule has 2 heteroatoms. The van der Waals surface area contributed by atoms with Gasteiger partial charge in [0.25, 0.3) is 0 Å². The molecule has 1 heterocycles. The maximum Gasteiger partial charge on any atom is 0.0542 e. The van der Waals surface area contributed by atoms with Crippen molar-refractivity contribution in [2.45, 2.75) is 57.0 Å². The molecule has 0 spiro atoms. The minimum Gasteiger partial charge on any atom is -0.147 e. The molecular weight excluding hydrogens is 268 g/mol. The number of hydrogen-bond acceptors (Lipinski definition) is 2. The second kappa shape index (κ2) is 8.26. The maximum atomic E-state index is 2.49. The van der Waals surface area contributed by atoms with Gasteiger partial charge in [-0.3, -0.25) is 0 Å². The number of aryl methyl sites for hydroxylation is 2. The monoisotopic (exact) mass is 294 g/mol. The summed E-state index contributed by atoms with van der Waals surface area (Å²) in [5, 5.41) is 0. The Morgan fingerprint density at radius 3 is 2.37 bits per heavy atom. The van der Waals surface area contributed by atoms with E-state index in [0.29, 0.717) is 0 Å². The van der Waals surface area contributed by atoms with Crippen molar-refractivity contribution in [3.05, 3.63) is 34.9 Å². The Morgan fingerprint density at radius 2 is 1.63 bits per heavy atom. The molecule has 1 fully saturated rings. The molecule has 0 bridgehead atoms. The van der Waals surface area contributed by atoms with Gasteiger partial charge in [0, 0.05) is 0 Å². The molecule has 106 valence electrons. The van der Waals surface area contributed by atoms with Gasteiger partial charge in [0.1, 0.15) is 0 Å². The summed E-state index contributed by atoms with van der Waals surface area (Å²) >= 11 is 4.32. The molecule has 0 saturated carbocycles. The van der Waals surface area contributed by atoms with Gasteiger partial charge >= 0.3 is 0 Å². The van der Waals surface area contributed by atoms with Crippen molar-refractivity contribution < 1.29 is 0 Å². The highest BCUT2D eigenvalue weighted by atomic mass is 32.2. The van der Waals surface area contributed by atoms with Crippen LogP contribution in [0.1, 0.15) is 49.8 Å². The standard InChI is InChI=1S/C15H20S2.C2H6/c1-2-5-14-10-12(6-7-13(14)4-1)11-15-16-8-3-9-17-15;1-2/h6-7,10,15H,1-5,8-9,11H2;1-2H3. The lowest BCUT2D eigenvalue weighted by Crippen LogP contribution is -2.10. The molecule has 1 aliphatic carbocycles. The highest BCUT2D eigenvalue weighted by Gasteiger charge is 2.16. The molecule has 0 nitrogen and oxygen atoms in total. The van der Waals surface area contributed by atoms with Crippen molar-refractivity contribution in [1.82, 2.24) is 0 Å². The van der Waals surface area contributed by atoms with Crippen molar-refractivity contribution in [1.29, 1.82) is 0 Å². The Balaban J connectivity index is 0.000000637. The molecule has 1 aliphatic heterocycles. The van der Waals surface area contributed by atoms with Crippen LogP contribution in [0, 0.1) is 0 Å². The molecule has 0 amide bonds. The summed E-state index contributed by atoms with van der Waals surface area (Å²) in [6.07, 6.45) is 8.07. The fourth-order valence-electron chi connectivity index (χ4n) is 2.76. The first-order valence-electron chi connectivity index (χ1n) is 7.76. The van der Waals surface area contributed by atoms with Crippen LogP contribution >= 0.6 is 23.5 Å². The fourth-order valence-corrected chi connectivity index (χ4v) is 5.67. The lowest BCUT2D eigenvalue weighted by molar-refractivity contribution is 0.684. The Kier molecular flexibility index (Phi) is 6.66. The van der Waals surface area contributed by atoms with Gasteiger partial charge in [0.15, 0.2) is 0 Å². The molecule has 1 aromatic carbocycles. The van der Waals surface area contributed by atoms with Crippen LogP contribution in [0.3, 0.4) is 0 Å². The van der Waals surface area contributed by atoms with E-state index in [9.17, 15) is 0 Å². The van der Waals surface area contributed by atoms with E-state index in [0.717, 1.165) is 4.58 Å². The van der Waals surface area contributed by atoms with E-state index in [-0.39, 0.29) is 0 Å². The zero-order chi connectivity index (χ0) is 13.5. The van der Waals surface area contributed by atoms with E-state index in [4.69, 9.17) is 0 Å². The number of thioether (sulfide) groups is 2. The number of rotatable bonds is 2. The smallest absolute Gasteiger partial charge is 0.0542 e. The van der Waals surface area contributed by atoms with Gasteiger partial charge in [0.05, 0.1) is 4.58 Å². The predicted molar refractivity (Wildman–Crippen MR) is 91.5 cm³/mol. The average Bonchev–Trinajstić information content (AvgIpc) is 2.50. The van der Waals surface area contributed by atoms with Crippen LogP contribution in [-0.4, -0.2) is 16.1 Å². The topological polar surface area (TPSA) is 0 Å². The van der Waals surface area contributed by atoms with Gasteiger partial charge in [0.2, 0.25) is 0 Å². The Hall–Kier alpha value is -0.0800. The molecule has 3 rings (SSSR count). The molecular formula is C17H26S2. The van der Waals surface area contributed by atoms with Crippen LogP contribution in [0.5, 0.6) is 0 Å². The molecule has 2 aliphatic rings. The van der Waals surface area contributed by atoms with Gasteiger partial charge in [-0.15, -0.1) is 23.5 Å². The van der Waals surface area contributed by atoms with Crippen molar-refractivity contribution in [3.63, 3.8) is 0 Å². The Bertz CT molecular complexity index is 381. The number of hydrogen-bond donors (Lipinski definition) is 0. The summed E-state index contributed by atoms with van der Waals surface area (Å²) in [7, 11) is 0. The van der Waals surface area contributed by atoms with Crippen LogP contribution in [0.15, 0.2) is 18.2 Å². The first-order valence-corrected chi connectivity index (χ1v) is 9.85.